The Morgan fingerprint density at radius 3 is 2.48 bits per heavy atom. The van der Waals surface area contributed by atoms with Crippen LogP contribution in [0, 0.1) is 0 Å². The molecule has 1 aliphatic carbocycles. The summed E-state index contributed by atoms with van der Waals surface area (Å²) >= 11 is 0. The van der Waals surface area contributed by atoms with Crippen LogP contribution in [-0.4, -0.2) is 12.2 Å². The Morgan fingerprint density at radius 2 is 1.81 bits per heavy atom. The highest BCUT2D eigenvalue weighted by Crippen LogP contribution is 2.43. The maximum absolute atomic E-state index is 10.5. The van der Waals surface area contributed by atoms with Crippen LogP contribution < -0.4 is 4.74 Å². The molecule has 2 nitrogen and oxygen atoms in total. The van der Waals surface area contributed by atoms with Crippen molar-refractivity contribution in [2.24, 2.45) is 0 Å². The molecule has 0 aliphatic heterocycles. The molecular formula is C19H22O2. The summed E-state index contributed by atoms with van der Waals surface area (Å²) in [7, 11) is 1.67. The van der Waals surface area contributed by atoms with Crippen molar-refractivity contribution in [3.63, 3.8) is 0 Å². The number of rotatable bonds is 6. The molecule has 1 unspecified atom stereocenters. The molecule has 2 aromatic carbocycles. The second-order valence-corrected chi connectivity index (χ2v) is 5.81. The van der Waals surface area contributed by atoms with Gasteiger partial charge in [0, 0.05) is 0 Å². The molecule has 1 fully saturated rings. The monoisotopic (exact) mass is 282 g/mol. The van der Waals surface area contributed by atoms with Crippen molar-refractivity contribution < 1.29 is 9.84 Å². The van der Waals surface area contributed by atoms with Crippen molar-refractivity contribution in [2.45, 2.75) is 37.7 Å². The zero-order valence-corrected chi connectivity index (χ0v) is 12.5. The number of aryl methyl sites for hydroxylation is 1. The van der Waals surface area contributed by atoms with E-state index < -0.39 is 0 Å². The van der Waals surface area contributed by atoms with Crippen LogP contribution in [0.3, 0.4) is 0 Å². The Balaban J connectivity index is 1.64. The fourth-order valence-corrected chi connectivity index (χ4v) is 2.83. The van der Waals surface area contributed by atoms with Crippen molar-refractivity contribution >= 4 is 0 Å². The van der Waals surface area contributed by atoms with Gasteiger partial charge in [0.15, 0.2) is 0 Å². The van der Waals surface area contributed by atoms with Crippen molar-refractivity contribution in [3.8, 4) is 5.75 Å². The van der Waals surface area contributed by atoms with Gasteiger partial charge in [0.1, 0.15) is 5.75 Å². The van der Waals surface area contributed by atoms with E-state index in [-0.39, 0.29) is 6.10 Å². The number of ether oxygens (including phenoxy) is 1. The fraction of sp³-hybridized carbons (Fsp3) is 0.368. The zero-order chi connectivity index (χ0) is 14.7. The highest BCUT2D eigenvalue weighted by molar-refractivity contribution is 5.35. The molecule has 1 saturated carbocycles. The molecule has 21 heavy (non-hydrogen) atoms. The molecule has 1 N–H and O–H groups in total. The average Bonchev–Trinajstić information content (AvgIpc) is 3.38. The third-order valence-corrected chi connectivity index (χ3v) is 4.24. The van der Waals surface area contributed by atoms with E-state index in [2.05, 4.69) is 30.3 Å². The quantitative estimate of drug-likeness (QED) is 0.858. The smallest absolute Gasteiger partial charge is 0.118 e. The third-order valence-electron chi connectivity index (χ3n) is 4.24. The molecule has 0 amide bonds. The van der Waals surface area contributed by atoms with Gasteiger partial charge < -0.3 is 9.84 Å². The van der Waals surface area contributed by atoms with Gasteiger partial charge in [0.05, 0.1) is 13.2 Å². The van der Waals surface area contributed by atoms with Crippen LogP contribution in [0.5, 0.6) is 5.75 Å². The Bertz CT molecular complexity index is 585. The van der Waals surface area contributed by atoms with Crippen LogP contribution in [0.1, 0.15) is 48.0 Å². The van der Waals surface area contributed by atoms with E-state index in [1.807, 2.05) is 18.2 Å². The van der Waals surface area contributed by atoms with Crippen LogP contribution in [0.25, 0.3) is 0 Å². The number of hydrogen-bond donors (Lipinski definition) is 1. The molecular weight excluding hydrogens is 260 g/mol. The van der Waals surface area contributed by atoms with E-state index in [0.29, 0.717) is 5.92 Å². The summed E-state index contributed by atoms with van der Waals surface area (Å²) in [5.74, 6) is 1.55. The summed E-state index contributed by atoms with van der Waals surface area (Å²) < 4.78 is 5.16. The van der Waals surface area contributed by atoms with Gasteiger partial charge >= 0.3 is 0 Å². The normalized spacial score (nSPS) is 15.7. The number of aliphatic hydroxyl groups is 1. The number of hydrogen-bond acceptors (Lipinski definition) is 2. The summed E-state index contributed by atoms with van der Waals surface area (Å²) in [4.78, 5) is 0. The Kier molecular flexibility index (Phi) is 4.26. The van der Waals surface area contributed by atoms with Gasteiger partial charge in [-0.05, 0) is 60.4 Å². The minimum atomic E-state index is -0.371. The number of aliphatic hydroxyl groups excluding tert-OH is 1. The molecule has 1 aliphatic rings. The van der Waals surface area contributed by atoms with Gasteiger partial charge in [-0.25, -0.2) is 0 Å². The molecule has 2 heteroatoms. The minimum absolute atomic E-state index is 0.371. The summed E-state index contributed by atoms with van der Waals surface area (Å²) in [6, 6.07) is 16.4. The van der Waals surface area contributed by atoms with Crippen LogP contribution >= 0.6 is 0 Å². The van der Waals surface area contributed by atoms with Gasteiger partial charge in [0.2, 0.25) is 0 Å². The first-order chi connectivity index (χ1) is 10.3. The highest BCUT2D eigenvalue weighted by atomic mass is 16.5. The zero-order valence-electron chi connectivity index (χ0n) is 12.5. The van der Waals surface area contributed by atoms with E-state index in [0.717, 1.165) is 24.2 Å². The Labute approximate surface area is 126 Å². The molecule has 0 bridgehead atoms. The lowest BCUT2D eigenvalue weighted by atomic mass is 9.95. The second kappa shape index (κ2) is 6.31. The maximum Gasteiger partial charge on any atom is 0.118 e. The molecule has 0 saturated heterocycles. The van der Waals surface area contributed by atoms with E-state index in [1.54, 1.807) is 7.11 Å². The van der Waals surface area contributed by atoms with E-state index in [9.17, 15) is 5.11 Å². The molecule has 0 aromatic heterocycles. The average molecular weight is 282 g/mol. The standard InChI is InChI=1S/C19H22O2/c1-21-16-11-6-14(7-12-16)8-13-19(20)18-5-3-2-4-17(18)15-9-10-15/h2-7,11-12,15,19-20H,8-10,13H2,1H3. The van der Waals surface area contributed by atoms with Crippen molar-refractivity contribution in [2.75, 3.05) is 7.11 Å². The summed E-state index contributed by atoms with van der Waals surface area (Å²) in [6.07, 6.45) is 3.80. The summed E-state index contributed by atoms with van der Waals surface area (Å²) in [5, 5.41) is 10.5. The van der Waals surface area contributed by atoms with E-state index in [4.69, 9.17) is 4.74 Å². The first kappa shape index (κ1) is 14.2. The third kappa shape index (κ3) is 3.45. The molecule has 0 radical (unpaired) electrons. The molecule has 0 heterocycles. The van der Waals surface area contributed by atoms with Gasteiger partial charge in [-0.1, -0.05) is 36.4 Å². The van der Waals surface area contributed by atoms with Crippen molar-refractivity contribution in [1.29, 1.82) is 0 Å². The minimum Gasteiger partial charge on any atom is -0.497 e. The molecule has 2 aromatic rings. The predicted octanol–water partition coefficient (Wildman–Crippen LogP) is 4.24. The van der Waals surface area contributed by atoms with E-state index >= 15 is 0 Å². The summed E-state index contributed by atoms with van der Waals surface area (Å²) in [5.41, 5.74) is 3.70. The highest BCUT2D eigenvalue weighted by Gasteiger charge is 2.27. The van der Waals surface area contributed by atoms with Crippen LogP contribution in [0.4, 0.5) is 0 Å². The van der Waals surface area contributed by atoms with Crippen LogP contribution in [-0.2, 0) is 6.42 Å². The first-order valence-electron chi connectivity index (χ1n) is 7.67. The first-order valence-corrected chi connectivity index (χ1v) is 7.67. The molecule has 1 atom stereocenters. The molecule has 0 spiro atoms. The number of benzene rings is 2. The Hall–Kier alpha value is -1.80. The fourth-order valence-electron chi connectivity index (χ4n) is 2.83. The van der Waals surface area contributed by atoms with Gasteiger partial charge in [-0.3, -0.25) is 0 Å². The topological polar surface area (TPSA) is 29.5 Å². The van der Waals surface area contributed by atoms with Crippen molar-refractivity contribution in [1.82, 2.24) is 0 Å². The lowest BCUT2D eigenvalue weighted by Gasteiger charge is -2.15. The SMILES string of the molecule is COc1ccc(CCC(O)c2ccccc2C2CC2)cc1. The van der Waals surface area contributed by atoms with Gasteiger partial charge in [-0.15, -0.1) is 0 Å². The Morgan fingerprint density at radius 1 is 1.10 bits per heavy atom. The predicted molar refractivity (Wildman–Crippen MR) is 84.7 cm³/mol. The number of methoxy groups -OCH3 is 1. The maximum atomic E-state index is 10.5. The van der Waals surface area contributed by atoms with Crippen LogP contribution in [0.2, 0.25) is 0 Å². The van der Waals surface area contributed by atoms with Gasteiger partial charge in [-0.2, -0.15) is 0 Å². The van der Waals surface area contributed by atoms with E-state index in [1.165, 1.54) is 24.0 Å². The molecule has 3 rings (SSSR count). The summed E-state index contributed by atoms with van der Waals surface area (Å²) in [6.45, 7) is 0. The van der Waals surface area contributed by atoms with Crippen molar-refractivity contribution in [3.05, 3.63) is 65.2 Å². The second-order valence-electron chi connectivity index (χ2n) is 5.81. The lowest BCUT2D eigenvalue weighted by molar-refractivity contribution is 0.167. The lowest BCUT2D eigenvalue weighted by Crippen LogP contribution is -2.03. The van der Waals surface area contributed by atoms with Crippen LogP contribution in [0.15, 0.2) is 48.5 Å². The largest absolute Gasteiger partial charge is 0.497 e. The van der Waals surface area contributed by atoms with Gasteiger partial charge in [0.25, 0.3) is 0 Å². The molecule has 110 valence electrons.